The third kappa shape index (κ3) is 0.913. The summed E-state index contributed by atoms with van der Waals surface area (Å²) in [5.41, 5.74) is 3.58. The van der Waals surface area contributed by atoms with Crippen LogP contribution in [0.15, 0.2) is 23.2 Å². The Labute approximate surface area is 41.8 Å². The van der Waals surface area contributed by atoms with Crippen LogP contribution in [-0.2, 0) is 4.84 Å². The Morgan fingerprint density at radius 2 is 2.71 bits per heavy atom. The summed E-state index contributed by atoms with van der Waals surface area (Å²) in [7, 11) is 0. The van der Waals surface area contributed by atoms with Crippen LogP contribution in [0.3, 0.4) is 0 Å². The molecule has 0 spiro atoms. The van der Waals surface area contributed by atoms with Gasteiger partial charge in [0.1, 0.15) is 0 Å². The van der Waals surface area contributed by atoms with Crippen LogP contribution in [0.5, 0.6) is 0 Å². The zero-order chi connectivity index (χ0) is 5.11. The molecule has 1 rings (SSSR count). The Kier molecular flexibility index (Phi) is 0.966. The topological polar surface area (TPSA) is 21.6 Å². The molecule has 1 heterocycles. The molecular formula is C5H5NO. The van der Waals surface area contributed by atoms with Crippen molar-refractivity contribution in [1.29, 1.82) is 0 Å². The fourth-order valence-corrected chi connectivity index (χ4v) is 0.321. The minimum Gasteiger partial charge on any atom is -0.356 e. The maximum atomic E-state index is 4.50. The average molecular weight is 95.1 g/mol. The van der Waals surface area contributed by atoms with Gasteiger partial charge < -0.3 is 4.84 Å². The first-order valence-electron chi connectivity index (χ1n) is 2.01. The van der Waals surface area contributed by atoms with Crippen molar-refractivity contribution < 1.29 is 4.84 Å². The smallest absolute Gasteiger partial charge is 0.164 e. The Hall–Kier alpha value is -1.01. The molecule has 0 saturated carbocycles. The van der Waals surface area contributed by atoms with E-state index >= 15 is 0 Å². The highest BCUT2D eigenvalue weighted by Gasteiger charge is 1.83. The van der Waals surface area contributed by atoms with Crippen LogP contribution in [0.1, 0.15) is 6.92 Å². The summed E-state index contributed by atoms with van der Waals surface area (Å²) in [6.45, 7) is 1.85. The molecule has 0 unspecified atom stereocenters. The van der Waals surface area contributed by atoms with Gasteiger partial charge in [0.15, 0.2) is 6.26 Å². The normalized spacial score (nSPS) is 15.9. The van der Waals surface area contributed by atoms with E-state index < -0.39 is 0 Å². The molecule has 0 aromatic carbocycles. The van der Waals surface area contributed by atoms with Crippen molar-refractivity contribution in [1.82, 2.24) is 0 Å². The van der Waals surface area contributed by atoms with Crippen LogP contribution in [0.25, 0.3) is 0 Å². The fraction of sp³-hybridized carbons (Fsp3) is 0.200. The zero-order valence-corrected chi connectivity index (χ0v) is 4.01. The van der Waals surface area contributed by atoms with Gasteiger partial charge in [-0.1, -0.05) is 10.9 Å². The van der Waals surface area contributed by atoms with Gasteiger partial charge >= 0.3 is 0 Å². The number of allylic oxidation sites excluding steroid dienone is 1. The minimum atomic E-state index is 0.850. The second kappa shape index (κ2) is 1.63. The number of rotatable bonds is 0. The maximum Gasteiger partial charge on any atom is 0.164 e. The van der Waals surface area contributed by atoms with Crippen molar-refractivity contribution in [2.24, 2.45) is 5.16 Å². The predicted octanol–water partition coefficient (Wildman–Crippen LogP) is 1.06. The fourth-order valence-electron chi connectivity index (χ4n) is 0.321. The summed E-state index contributed by atoms with van der Waals surface area (Å²) in [4.78, 5) is 4.50. The maximum absolute atomic E-state index is 4.50. The molecule has 1 aliphatic rings. The summed E-state index contributed by atoms with van der Waals surface area (Å²) in [6.07, 6.45) is 3.16. The molecule has 0 fully saturated rings. The van der Waals surface area contributed by atoms with Gasteiger partial charge in [-0.15, -0.1) is 0 Å². The summed E-state index contributed by atoms with van der Waals surface area (Å²) in [5.74, 6) is 0. The van der Waals surface area contributed by atoms with Crippen molar-refractivity contribution >= 4 is 5.71 Å². The van der Waals surface area contributed by atoms with E-state index in [2.05, 4.69) is 15.7 Å². The monoisotopic (exact) mass is 95.0 g/mol. The van der Waals surface area contributed by atoms with Crippen molar-refractivity contribution in [3.8, 4) is 0 Å². The van der Waals surface area contributed by atoms with Gasteiger partial charge in [-0.25, -0.2) is 0 Å². The van der Waals surface area contributed by atoms with Crippen LogP contribution in [0.4, 0.5) is 0 Å². The van der Waals surface area contributed by atoms with E-state index in [9.17, 15) is 0 Å². The lowest BCUT2D eigenvalue weighted by Gasteiger charge is -1.90. The number of nitrogens with zero attached hydrogens (tertiary/aromatic N) is 1. The number of oxime groups is 1. The number of hydrogen-bond donors (Lipinski definition) is 0. The molecule has 0 aromatic rings. The van der Waals surface area contributed by atoms with Crippen LogP contribution in [0, 0.1) is 0 Å². The summed E-state index contributed by atoms with van der Waals surface area (Å²) < 4.78 is 0. The summed E-state index contributed by atoms with van der Waals surface area (Å²) in [5, 5.41) is 3.57. The molecule has 0 N–H and O–H groups in total. The molecule has 7 heavy (non-hydrogen) atoms. The Morgan fingerprint density at radius 3 is 3.00 bits per heavy atom. The van der Waals surface area contributed by atoms with Gasteiger partial charge in [0.25, 0.3) is 0 Å². The van der Waals surface area contributed by atoms with Gasteiger partial charge in [-0.3, -0.25) is 0 Å². The quantitative estimate of drug-likeness (QED) is 0.412. The second-order valence-corrected chi connectivity index (χ2v) is 1.27. The van der Waals surface area contributed by atoms with Gasteiger partial charge in [0.05, 0.1) is 5.71 Å². The van der Waals surface area contributed by atoms with E-state index in [0.29, 0.717) is 0 Å². The number of hydrogen-bond acceptors (Lipinski definition) is 2. The standard InChI is InChI=1S/C5H5NO/c1-5-3-2-4-7-6-5/h3-4H,1H3. The first-order chi connectivity index (χ1) is 3.39. The highest BCUT2D eigenvalue weighted by molar-refractivity contribution is 5.92. The van der Waals surface area contributed by atoms with Crippen molar-refractivity contribution in [3.63, 3.8) is 0 Å². The SMILES string of the molecule is CC1=NOC=C=C1. The molecule has 36 valence electrons. The molecule has 0 aliphatic carbocycles. The van der Waals surface area contributed by atoms with Gasteiger partial charge in [0.2, 0.25) is 0 Å². The highest BCUT2D eigenvalue weighted by Crippen LogP contribution is 1.87. The second-order valence-electron chi connectivity index (χ2n) is 1.27. The van der Waals surface area contributed by atoms with Gasteiger partial charge in [0, 0.05) is 6.08 Å². The van der Waals surface area contributed by atoms with Gasteiger partial charge in [-0.2, -0.15) is 0 Å². The molecule has 0 amide bonds. The lowest BCUT2D eigenvalue weighted by Crippen LogP contribution is -1.86. The van der Waals surface area contributed by atoms with E-state index in [1.165, 1.54) is 6.26 Å². The van der Waals surface area contributed by atoms with E-state index in [1.807, 2.05) is 6.92 Å². The first kappa shape index (κ1) is 4.16. The lowest BCUT2D eigenvalue weighted by molar-refractivity contribution is 0.267. The summed E-state index contributed by atoms with van der Waals surface area (Å²) >= 11 is 0. The highest BCUT2D eigenvalue weighted by atomic mass is 16.6. The third-order valence-electron chi connectivity index (χ3n) is 0.610. The molecule has 0 aromatic heterocycles. The largest absolute Gasteiger partial charge is 0.356 e. The summed E-state index contributed by atoms with van der Waals surface area (Å²) in [6, 6.07) is 0. The molecular weight excluding hydrogens is 90.1 g/mol. The molecule has 0 radical (unpaired) electrons. The minimum absolute atomic E-state index is 0.850. The molecule has 1 aliphatic heterocycles. The first-order valence-corrected chi connectivity index (χ1v) is 2.01. The molecule has 2 nitrogen and oxygen atoms in total. The van der Waals surface area contributed by atoms with E-state index in [1.54, 1.807) is 6.08 Å². The van der Waals surface area contributed by atoms with Gasteiger partial charge in [-0.05, 0) is 6.92 Å². The zero-order valence-electron chi connectivity index (χ0n) is 4.01. The van der Waals surface area contributed by atoms with Crippen molar-refractivity contribution in [2.75, 3.05) is 0 Å². The molecule has 0 bridgehead atoms. The van der Waals surface area contributed by atoms with Crippen LogP contribution in [0.2, 0.25) is 0 Å². The third-order valence-corrected chi connectivity index (χ3v) is 0.610. The van der Waals surface area contributed by atoms with Crippen LogP contribution in [-0.4, -0.2) is 5.71 Å². The van der Waals surface area contributed by atoms with E-state index in [0.717, 1.165) is 5.71 Å². The molecule has 0 saturated heterocycles. The lowest BCUT2D eigenvalue weighted by atomic mass is 10.4. The Morgan fingerprint density at radius 1 is 1.86 bits per heavy atom. The van der Waals surface area contributed by atoms with Crippen LogP contribution >= 0.6 is 0 Å². The Balaban J connectivity index is 2.82. The van der Waals surface area contributed by atoms with E-state index in [4.69, 9.17) is 0 Å². The predicted molar refractivity (Wildman–Crippen MR) is 26.8 cm³/mol. The van der Waals surface area contributed by atoms with Crippen molar-refractivity contribution in [2.45, 2.75) is 6.92 Å². The average Bonchev–Trinajstić information content (AvgIpc) is 1.69. The van der Waals surface area contributed by atoms with Crippen LogP contribution < -0.4 is 0 Å². The molecule has 2 heteroatoms. The molecule has 0 atom stereocenters. The Bertz CT molecular complexity index is 151. The van der Waals surface area contributed by atoms with E-state index in [-0.39, 0.29) is 0 Å². The van der Waals surface area contributed by atoms with Crippen molar-refractivity contribution in [3.05, 3.63) is 18.1 Å².